The zero-order chi connectivity index (χ0) is 13.4. The van der Waals surface area contributed by atoms with E-state index in [0.717, 1.165) is 42.5 Å². The van der Waals surface area contributed by atoms with Crippen LogP contribution in [0.15, 0.2) is 15.9 Å². The molecule has 0 aliphatic rings. The molecule has 0 aromatic carbocycles. The molecule has 0 saturated heterocycles. The minimum atomic E-state index is -0.390. The van der Waals surface area contributed by atoms with Crippen LogP contribution in [0.1, 0.15) is 38.8 Å². The molecular weight excluding hydrogens is 246 g/mol. The van der Waals surface area contributed by atoms with E-state index in [1.165, 1.54) is 0 Å². The molecule has 18 heavy (non-hydrogen) atoms. The molecule has 1 unspecified atom stereocenters. The third kappa shape index (κ3) is 5.11. The molecule has 0 amide bonds. The molecule has 0 bridgehead atoms. The summed E-state index contributed by atoms with van der Waals surface area (Å²) in [4.78, 5) is 4.23. The van der Waals surface area contributed by atoms with Crippen LogP contribution in [0.4, 0.5) is 0 Å². The summed E-state index contributed by atoms with van der Waals surface area (Å²) in [5.41, 5.74) is 0.528. The summed E-state index contributed by atoms with van der Waals surface area (Å²) in [7, 11) is 0. The van der Waals surface area contributed by atoms with Crippen LogP contribution < -0.4 is 5.32 Å². The predicted octanol–water partition coefficient (Wildman–Crippen LogP) is 3.14. The zero-order valence-corrected chi connectivity index (χ0v) is 12.1. The Bertz CT molecular complexity index is 399. The van der Waals surface area contributed by atoms with Crippen LogP contribution in [0.5, 0.6) is 0 Å². The Kier molecular flexibility index (Phi) is 6.23. The first-order valence-electron chi connectivity index (χ1n) is 6.31. The Hall–Kier alpha value is -0.990. The van der Waals surface area contributed by atoms with Crippen molar-refractivity contribution in [2.24, 2.45) is 0 Å². The fourth-order valence-corrected chi connectivity index (χ4v) is 2.56. The minimum Gasteiger partial charge on any atom is -0.440 e. The fourth-order valence-electron chi connectivity index (χ4n) is 1.71. The molecule has 1 atom stereocenters. The van der Waals surface area contributed by atoms with Crippen LogP contribution >= 0.6 is 11.8 Å². The van der Waals surface area contributed by atoms with Crippen LogP contribution in [0.2, 0.25) is 0 Å². The van der Waals surface area contributed by atoms with Crippen molar-refractivity contribution in [3.8, 4) is 6.07 Å². The van der Waals surface area contributed by atoms with Gasteiger partial charge in [-0.05, 0) is 39.7 Å². The van der Waals surface area contributed by atoms with Crippen molar-refractivity contribution in [1.29, 1.82) is 5.26 Å². The van der Waals surface area contributed by atoms with Crippen molar-refractivity contribution >= 4 is 11.8 Å². The molecule has 0 spiro atoms. The smallest absolute Gasteiger partial charge is 0.255 e. The van der Waals surface area contributed by atoms with E-state index < -0.39 is 0 Å². The number of nitrogens with one attached hydrogen (secondary N) is 1. The number of nitrogens with zero attached hydrogens (tertiary/aromatic N) is 2. The summed E-state index contributed by atoms with van der Waals surface area (Å²) < 4.78 is 5.26. The molecule has 1 rings (SSSR count). The standard InChI is InChI=1S/C13H21N3OS/c1-4-15-13(3,10-14)7-5-6-8-18-12-16-11(2)9-17-12/h9,15H,4-8H2,1-3H3. The Morgan fingerprint density at radius 3 is 2.89 bits per heavy atom. The summed E-state index contributed by atoms with van der Waals surface area (Å²) in [6.07, 6.45) is 4.64. The molecule has 1 heterocycles. The van der Waals surface area contributed by atoms with Crippen LogP contribution in [0.3, 0.4) is 0 Å². The summed E-state index contributed by atoms with van der Waals surface area (Å²) in [6.45, 7) is 6.73. The van der Waals surface area contributed by atoms with Crippen molar-refractivity contribution in [2.75, 3.05) is 12.3 Å². The number of hydrogen-bond acceptors (Lipinski definition) is 5. The van der Waals surface area contributed by atoms with Gasteiger partial charge in [0.05, 0.1) is 11.8 Å². The highest BCUT2D eigenvalue weighted by Gasteiger charge is 2.21. The van der Waals surface area contributed by atoms with Gasteiger partial charge in [0.15, 0.2) is 0 Å². The largest absolute Gasteiger partial charge is 0.440 e. The van der Waals surface area contributed by atoms with E-state index in [-0.39, 0.29) is 5.54 Å². The van der Waals surface area contributed by atoms with Gasteiger partial charge < -0.3 is 4.42 Å². The van der Waals surface area contributed by atoms with Crippen LogP contribution in [-0.4, -0.2) is 22.8 Å². The van der Waals surface area contributed by atoms with Crippen molar-refractivity contribution < 1.29 is 4.42 Å². The van der Waals surface area contributed by atoms with Gasteiger partial charge in [-0.15, -0.1) is 0 Å². The molecule has 1 N–H and O–H groups in total. The summed E-state index contributed by atoms with van der Waals surface area (Å²) in [5, 5.41) is 13.1. The highest BCUT2D eigenvalue weighted by atomic mass is 32.2. The van der Waals surface area contributed by atoms with E-state index in [1.54, 1.807) is 18.0 Å². The minimum absolute atomic E-state index is 0.390. The van der Waals surface area contributed by atoms with Crippen LogP contribution in [-0.2, 0) is 0 Å². The average molecular weight is 267 g/mol. The van der Waals surface area contributed by atoms with Crippen molar-refractivity contribution in [3.63, 3.8) is 0 Å². The third-order valence-corrected chi connectivity index (χ3v) is 3.64. The van der Waals surface area contributed by atoms with Gasteiger partial charge in [0.1, 0.15) is 11.8 Å². The molecular formula is C13H21N3OS. The third-order valence-electron chi connectivity index (χ3n) is 2.71. The van der Waals surface area contributed by atoms with E-state index in [0.29, 0.717) is 0 Å². The Labute approximate surface area is 113 Å². The molecule has 4 nitrogen and oxygen atoms in total. The van der Waals surface area contributed by atoms with E-state index >= 15 is 0 Å². The first kappa shape index (κ1) is 15.1. The number of rotatable bonds is 8. The SMILES string of the molecule is CCNC(C)(C#N)CCCCSc1nc(C)co1. The number of hydrogen-bond donors (Lipinski definition) is 1. The molecule has 0 aliphatic carbocycles. The summed E-state index contributed by atoms with van der Waals surface area (Å²) in [5.74, 6) is 0.980. The topological polar surface area (TPSA) is 61.9 Å². The van der Waals surface area contributed by atoms with Gasteiger partial charge in [-0.3, -0.25) is 5.32 Å². The maximum absolute atomic E-state index is 9.11. The van der Waals surface area contributed by atoms with Gasteiger partial charge in [-0.2, -0.15) is 5.26 Å². The summed E-state index contributed by atoms with van der Waals surface area (Å²) >= 11 is 1.63. The number of nitriles is 1. The lowest BCUT2D eigenvalue weighted by Gasteiger charge is -2.22. The summed E-state index contributed by atoms with van der Waals surface area (Å²) in [6, 6.07) is 2.34. The van der Waals surface area contributed by atoms with Gasteiger partial charge in [-0.25, -0.2) is 4.98 Å². The number of thioether (sulfide) groups is 1. The number of unbranched alkanes of at least 4 members (excludes halogenated alkanes) is 1. The first-order chi connectivity index (χ1) is 8.59. The van der Waals surface area contributed by atoms with Crippen LogP contribution in [0, 0.1) is 18.3 Å². The second-order valence-corrected chi connectivity index (χ2v) is 5.58. The van der Waals surface area contributed by atoms with Gasteiger partial charge in [0.25, 0.3) is 5.22 Å². The second-order valence-electron chi connectivity index (χ2n) is 4.53. The van der Waals surface area contributed by atoms with Crippen molar-refractivity contribution in [1.82, 2.24) is 10.3 Å². The molecule has 1 aromatic rings. The number of aryl methyl sites for hydroxylation is 1. The lowest BCUT2D eigenvalue weighted by Crippen LogP contribution is -2.40. The molecule has 1 aromatic heterocycles. The van der Waals surface area contributed by atoms with Crippen molar-refractivity contribution in [3.05, 3.63) is 12.0 Å². The quantitative estimate of drug-likeness (QED) is 0.579. The van der Waals surface area contributed by atoms with Gasteiger partial charge in [-0.1, -0.05) is 18.7 Å². The molecule has 0 fully saturated rings. The lowest BCUT2D eigenvalue weighted by atomic mass is 9.97. The highest BCUT2D eigenvalue weighted by molar-refractivity contribution is 7.99. The zero-order valence-electron chi connectivity index (χ0n) is 11.3. The maximum Gasteiger partial charge on any atom is 0.255 e. The Morgan fingerprint density at radius 2 is 2.33 bits per heavy atom. The molecule has 100 valence electrons. The molecule has 0 aliphatic heterocycles. The normalized spacial score (nSPS) is 14.1. The van der Waals surface area contributed by atoms with E-state index in [9.17, 15) is 0 Å². The number of aromatic nitrogens is 1. The van der Waals surface area contributed by atoms with Gasteiger partial charge in [0, 0.05) is 5.75 Å². The number of oxazole rings is 1. The van der Waals surface area contributed by atoms with Crippen molar-refractivity contribution in [2.45, 2.75) is 50.8 Å². The Morgan fingerprint density at radius 1 is 1.56 bits per heavy atom. The maximum atomic E-state index is 9.11. The lowest BCUT2D eigenvalue weighted by molar-refractivity contribution is 0.415. The van der Waals surface area contributed by atoms with E-state index in [2.05, 4.69) is 16.4 Å². The van der Waals surface area contributed by atoms with Gasteiger partial charge >= 0.3 is 0 Å². The predicted molar refractivity (Wildman–Crippen MR) is 73.5 cm³/mol. The molecule has 0 radical (unpaired) electrons. The fraction of sp³-hybridized carbons (Fsp3) is 0.692. The highest BCUT2D eigenvalue weighted by Crippen LogP contribution is 2.20. The molecule has 5 heteroatoms. The molecule has 0 saturated carbocycles. The van der Waals surface area contributed by atoms with E-state index in [4.69, 9.17) is 9.68 Å². The van der Waals surface area contributed by atoms with Crippen LogP contribution in [0.25, 0.3) is 0 Å². The monoisotopic (exact) mass is 267 g/mol. The second kappa shape index (κ2) is 7.45. The average Bonchev–Trinajstić information content (AvgIpc) is 2.75. The first-order valence-corrected chi connectivity index (χ1v) is 7.29. The Balaban J connectivity index is 2.17. The van der Waals surface area contributed by atoms with Gasteiger partial charge in [0.2, 0.25) is 0 Å². The van der Waals surface area contributed by atoms with E-state index in [1.807, 2.05) is 20.8 Å².